The van der Waals surface area contributed by atoms with Gasteiger partial charge in [-0.3, -0.25) is 23.7 Å². The minimum atomic E-state index is -4.87. The lowest BCUT2D eigenvalue weighted by Gasteiger charge is -2.35. The van der Waals surface area contributed by atoms with Gasteiger partial charge in [0.05, 0.1) is 11.9 Å². The number of fused-ring (bicyclic) bond motifs is 1. The molecule has 1 aromatic heterocycles. The van der Waals surface area contributed by atoms with E-state index in [4.69, 9.17) is 23.2 Å². The van der Waals surface area contributed by atoms with Gasteiger partial charge in [-0.2, -0.15) is 0 Å². The Balaban J connectivity index is 1.28. The van der Waals surface area contributed by atoms with Crippen LogP contribution in [0.1, 0.15) is 42.7 Å². The SMILES string of the molecule is CC(NC(=O)c1cnc2n1[C@](C)(Cc1ccc(OC(F)(F)F)cc1)C(=O)N2c1cc(Cl)cc(Cl)c1)C(=O)N1CCCC(C2=CC(=O)NC2)C1. The molecule has 0 saturated carbocycles. The Bertz CT molecular complexity index is 1840. The number of likely N-dealkylation sites (tertiary alicyclic amines) is 1. The topological polar surface area (TPSA) is 126 Å². The van der Waals surface area contributed by atoms with E-state index in [2.05, 4.69) is 20.4 Å². The third-order valence-corrected chi connectivity index (χ3v) is 9.34. The smallest absolute Gasteiger partial charge is 0.406 e. The van der Waals surface area contributed by atoms with E-state index < -0.39 is 35.5 Å². The summed E-state index contributed by atoms with van der Waals surface area (Å²) in [7, 11) is 0. The molecule has 1 saturated heterocycles. The van der Waals surface area contributed by atoms with Crippen molar-refractivity contribution >= 4 is 58.5 Å². The van der Waals surface area contributed by atoms with E-state index in [9.17, 15) is 32.3 Å². The van der Waals surface area contributed by atoms with Crippen LogP contribution in [0.25, 0.3) is 0 Å². The number of anilines is 2. The zero-order valence-corrected chi connectivity index (χ0v) is 27.8. The number of imidazole rings is 1. The predicted molar refractivity (Wildman–Crippen MR) is 174 cm³/mol. The van der Waals surface area contributed by atoms with Crippen molar-refractivity contribution in [3.63, 3.8) is 0 Å². The molecule has 11 nitrogen and oxygen atoms in total. The molecule has 4 amide bonds. The lowest BCUT2D eigenvalue weighted by molar-refractivity contribution is -0.274. The molecule has 3 atom stereocenters. The van der Waals surface area contributed by atoms with Gasteiger partial charge in [0.1, 0.15) is 23.0 Å². The molecule has 0 bridgehead atoms. The van der Waals surface area contributed by atoms with Crippen molar-refractivity contribution in [2.75, 3.05) is 24.5 Å². The quantitative estimate of drug-likeness (QED) is 0.333. The third-order valence-electron chi connectivity index (χ3n) is 8.90. The Hall–Kier alpha value is -4.56. The second-order valence-corrected chi connectivity index (χ2v) is 13.3. The van der Waals surface area contributed by atoms with Crippen LogP contribution in [0.15, 0.2) is 60.3 Å². The molecule has 4 heterocycles. The maximum atomic E-state index is 14.3. The molecule has 2 N–H and O–H groups in total. The highest BCUT2D eigenvalue weighted by atomic mass is 35.5. The van der Waals surface area contributed by atoms with Crippen LogP contribution in [0, 0.1) is 5.92 Å². The molecule has 3 aromatic rings. The summed E-state index contributed by atoms with van der Waals surface area (Å²) in [4.78, 5) is 60.7. The standard InChI is InChI=1S/C33H31Cl2F3N6O5/c1-18(29(47)42-9-3-4-20(17-42)21-10-27(45)39-15-21)41-28(46)26-16-40-31-43(24-12-22(34)11-23(35)13-24)30(48)32(2,44(26)31)14-19-5-7-25(8-6-19)49-33(36,37)38/h5-8,10-13,16,18,20H,3-4,9,14-15,17H2,1-2H3,(H,39,45)(H,41,46)/t18?,20?,32-/m1/s1. The molecule has 16 heteroatoms. The molecule has 3 aliphatic heterocycles. The van der Waals surface area contributed by atoms with E-state index in [0.29, 0.717) is 25.2 Å². The lowest BCUT2D eigenvalue weighted by atomic mass is 9.90. The molecule has 258 valence electrons. The van der Waals surface area contributed by atoms with E-state index in [1.165, 1.54) is 46.0 Å². The first kappa shape index (κ1) is 34.3. The summed E-state index contributed by atoms with van der Waals surface area (Å²) in [5.41, 5.74) is 0.186. The largest absolute Gasteiger partial charge is 0.573 e. The fourth-order valence-electron chi connectivity index (χ4n) is 6.64. The van der Waals surface area contributed by atoms with Crippen LogP contribution in [0.4, 0.5) is 24.8 Å². The Morgan fingerprint density at radius 1 is 1.14 bits per heavy atom. The van der Waals surface area contributed by atoms with Gasteiger partial charge in [0, 0.05) is 42.2 Å². The van der Waals surface area contributed by atoms with Gasteiger partial charge in [-0.25, -0.2) is 9.88 Å². The van der Waals surface area contributed by atoms with Gasteiger partial charge >= 0.3 is 6.36 Å². The first-order valence-electron chi connectivity index (χ1n) is 15.4. The molecule has 3 aliphatic rings. The van der Waals surface area contributed by atoms with E-state index in [1.807, 2.05) is 0 Å². The van der Waals surface area contributed by atoms with Crippen molar-refractivity contribution in [3.05, 3.63) is 81.6 Å². The Morgan fingerprint density at radius 2 is 1.84 bits per heavy atom. The van der Waals surface area contributed by atoms with Gasteiger partial charge in [0.15, 0.2) is 0 Å². The van der Waals surface area contributed by atoms with Crippen molar-refractivity contribution < 1.29 is 37.1 Å². The van der Waals surface area contributed by atoms with Crippen LogP contribution < -0.4 is 20.3 Å². The Labute approximate surface area is 289 Å². The number of hydrogen-bond donors (Lipinski definition) is 2. The summed E-state index contributed by atoms with van der Waals surface area (Å²) in [5.74, 6) is -1.93. The van der Waals surface area contributed by atoms with Gasteiger partial charge in [0.2, 0.25) is 17.8 Å². The number of alkyl halides is 3. The molecule has 2 unspecified atom stereocenters. The van der Waals surface area contributed by atoms with Crippen LogP contribution in [-0.2, 0) is 26.3 Å². The number of piperidine rings is 1. The van der Waals surface area contributed by atoms with Gasteiger partial charge in [-0.05, 0) is 74.1 Å². The highest BCUT2D eigenvalue weighted by Gasteiger charge is 2.51. The maximum Gasteiger partial charge on any atom is 0.573 e. The van der Waals surface area contributed by atoms with Crippen molar-refractivity contribution in [3.8, 4) is 5.75 Å². The summed E-state index contributed by atoms with van der Waals surface area (Å²) in [6, 6.07) is 8.65. The highest BCUT2D eigenvalue weighted by Crippen LogP contribution is 2.43. The van der Waals surface area contributed by atoms with E-state index in [1.54, 1.807) is 24.8 Å². The average Bonchev–Trinajstić information content (AvgIpc) is 3.72. The number of amides is 4. The highest BCUT2D eigenvalue weighted by molar-refractivity contribution is 6.35. The number of nitrogens with zero attached hydrogens (tertiary/aromatic N) is 4. The third kappa shape index (κ3) is 6.97. The predicted octanol–water partition coefficient (Wildman–Crippen LogP) is 5.14. The maximum absolute atomic E-state index is 14.3. The molecule has 6 rings (SSSR count). The first-order chi connectivity index (χ1) is 23.1. The molecule has 2 aromatic carbocycles. The Morgan fingerprint density at radius 3 is 2.47 bits per heavy atom. The normalized spacial score (nSPS) is 21.3. The van der Waals surface area contributed by atoms with Crippen LogP contribution in [-0.4, -0.2) is 70.1 Å². The van der Waals surface area contributed by atoms with E-state index in [-0.39, 0.29) is 51.5 Å². The Kier molecular flexibility index (Phi) is 9.14. The zero-order chi connectivity index (χ0) is 35.2. The van der Waals surface area contributed by atoms with Crippen molar-refractivity contribution in [2.45, 2.75) is 51.1 Å². The molecule has 49 heavy (non-hydrogen) atoms. The molecule has 0 aliphatic carbocycles. The molecule has 0 spiro atoms. The zero-order valence-electron chi connectivity index (χ0n) is 26.3. The summed E-state index contributed by atoms with van der Waals surface area (Å²) < 4.78 is 43.7. The monoisotopic (exact) mass is 718 g/mol. The van der Waals surface area contributed by atoms with Gasteiger partial charge in [-0.15, -0.1) is 13.2 Å². The fourth-order valence-corrected chi connectivity index (χ4v) is 7.16. The minimum absolute atomic E-state index is 0.0182. The van der Waals surface area contributed by atoms with E-state index in [0.717, 1.165) is 30.5 Å². The van der Waals surface area contributed by atoms with Crippen molar-refractivity contribution in [1.29, 1.82) is 0 Å². The van der Waals surface area contributed by atoms with Gasteiger partial charge in [-0.1, -0.05) is 35.3 Å². The molecule has 0 radical (unpaired) electrons. The van der Waals surface area contributed by atoms with Crippen LogP contribution in [0.2, 0.25) is 10.0 Å². The second-order valence-electron chi connectivity index (χ2n) is 12.4. The number of carbonyl (C=O) groups excluding carboxylic acids is 4. The summed E-state index contributed by atoms with van der Waals surface area (Å²) in [6.07, 6.45) is -0.476. The van der Waals surface area contributed by atoms with E-state index >= 15 is 0 Å². The summed E-state index contributed by atoms with van der Waals surface area (Å²) >= 11 is 12.5. The molecular weight excluding hydrogens is 688 g/mol. The summed E-state index contributed by atoms with van der Waals surface area (Å²) in [5, 5.41) is 6.01. The average molecular weight is 720 g/mol. The minimum Gasteiger partial charge on any atom is -0.406 e. The first-order valence-corrected chi connectivity index (χ1v) is 16.2. The number of rotatable bonds is 8. The van der Waals surface area contributed by atoms with Gasteiger partial charge in [0.25, 0.3) is 11.8 Å². The lowest BCUT2D eigenvalue weighted by Crippen LogP contribution is -2.51. The number of ether oxygens (including phenoxy) is 1. The molecular formula is C33H31Cl2F3N6O5. The number of hydrogen-bond acceptors (Lipinski definition) is 6. The number of nitrogens with one attached hydrogen (secondary N) is 2. The number of aromatic nitrogens is 2. The van der Waals surface area contributed by atoms with Crippen LogP contribution >= 0.6 is 23.2 Å². The second kappa shape index (κ2) is 13.0. The van der Waals surface area contributed by atoms with Gasteiger partial charge < -0.3 is 20.3 Å². The summed E-state index contributed by atoms with van der Waals surface area (Å²) in [6.45, 7) is 4.52. The van der Waals surface area contributed by atoms with Crippen molar-refractivity contribution in [1.82, 2.24) is 25.1 Å². The van der Waals surface area contributed by atoms with Crippen LogP contribution in [0.3, 0.4) is 0 Å². The number of halogens is 5. The van der Waals surface area contributed by atoms with Crippen LogP contribution in [0.5, 0.6) is 5.75 Å². The molecule has 1 fully saturated rings. The number of benzene rings is 2. The fraction of sp³-hybridized carbons (Fsp3) is 0.364. The number of carbonyl (C=O) groups is 4. The van der Waals surface area contributed by atoms with Crippen molar-refractivity contribution in [2.24, 2.45) is 5.92 Å².